The standard InChI is InChI=1S/C38H21BO2S/c1-2-9-24-17-25(14-13-22(24)7-1)26-18-33-38-34(19-26)41-32-21-36-29(28-11-5-6-12-35(28)42-36)20-30(32)39(38)37-27-10-4-3-8-23(27)15-16-31(37)40-33/h1-21H. The van der Waals surface area contributed by atoms with Crippen LogP contribution in [0, 0.1) is 0 Å². The van der Waals surface area contributed by atoms with Crippen molar-refractivity contribution >= 4 is 76.2 Å². The molecule has 0 unspecified atom stereocenters. The van der Waals surface area contributed by atoms with Gasteiger partial charge < -0.3 is 9.47 Å². The topological polar surface area (TPSA) is 18.5 Å². The molecule has 2 nitrogen and oxygen atoms in total. The van der Waals surface area contributed by atoms with Gasteiger partial charge in [-0.25, -0.2) is 0 Å². The molecule has 8 aromatic rings. The largest absolute Gasteiger partial charge is 0.458 e. The molecule has 0 aliphatic carbocycles. The molecular formula is C38H21BO2S. The molecule has 0 saturated heterocycles. The number of benzene rings is 7. The van der Waals surface area contributed by atoms with Crippen molar-refractivity contribution < 1.29 is 9.47 Å². The van der Waals surface area contributed by atoms with Crippen molar-refractivity contribution in [1.29, 1.82) is 0 Å². The molecule has 0 saturated carbocycles. The summed E-state index contributed by atoms with van der Waals surface area (Å²) < 4.78 is 16.1. The SMILES string of the molecule is c1ccc2cc(-c3cc4c5c(c3)Oc3ccc6ccccc6c3B5c3cc5c(cc3O4)sc3ccccc35)ccc2c1. The van der Waals surface area contributed by atoms with Crippen LogP contribution >= 0.6 is 11.3 Å². The molecule has 0 N–H and O–H groups in total. The van der Waals surface area contributed by atoms with Crippen LogP contribution in [0.3, 0.4) is 0 Å². The zero-order chi connectivity index (χ0) is 27.4. The van der Waals surface area contributed by atoms with Gasteiger partial charge in [0.05, 0.1) is 0 Å². The highest BCUT2D eigenvalue weighted by molar-refractivity contribution is 7.25. The van der Waals surface area contributed by atoms with E-state index in [1.165, 1.54) is 52.6 Å². The molecule has 194 valence electrons. The number of hydrogen-bond donors (Lipinski definition) is 0. The number of hydrogen-bond acceptors (Lipinski definition) is 3. The fourth-order valence-corrected chi connectivity index (χ4v) is 8.14. The molecule has 7 aromatic carbocycles. The van der Waals surface area contributed by atoms with Gasteiger partial charge in [0.2, 0.25) is 0 Å². The predicted octanol–water partition coefficient (Wildman–Crippen LogP) is 8.76. The van der Waals surface area contributed by atoms with Crippen molar-refractivity contribution in [3.63, 3.8) is 0 Å². The first kappa shape index (κ1) is 22.6. The van der Waals surface area contributed by atoms with Crippen LogP contribution in [0.5, 0.6) is 23.0 Å². The van der Waals surface area contributed by atoms with E-state index in [2.05, 4.69) is 127 Å². The Labute approximate surface area is 246 Å². The Morgan fingerprint density at radius 1 is 0.429 bits per heavy atom. The highest BCUT2D eigenvalue weighted by Gasteiger charge is 2.41. The summed E-state index contributed by atoms with van der Waals surface area (Å²) in [6.07, 6.45) is 0. The van der Waals surface area contributed by atoms with Gasteiger partial charge in [0.15, 0.2) is 0 Å². The van der Waals surface area contributed by atoms with E-state index in [0.717, 1.165) is 39.6 Å². The summed E-state index contributed by atoms with van der Waals surface area (Å²) in [5, 5.41) is 7.46. The van der Waals surface area contributed by atoms with Crippen molar-refractivity contribution in [3.05, 3.63) is 127 Å². The molecule has 0 bridgehead atoms. The molecule has 42 heavy (non-hydrogen) atoms. The van der Waals surface area contributed by atoms with Crippen LogP contribution in [-0.2, 0) is 0 Å². The Bertz CT molecular complexity index is 2440. The van der Waals surface area contributed by atoms with Crippen LogP contribution in [-0.4, -0.2) is 6.71 Å². The van der Waals surface area contributed by atoms with E-state index >= 15 is 0 Å². The maximum absolute atomic E-state index is 6.83. The van der Waals surface area contributed by atoms with E-state index in [4.69, 9.17) is 9.47 Å². The smallest absolute Gasteiger partial charge is 0.261 e. The second-order valence-corrected chi connectivity index (χ2v) is 12.4. The van der Waals surface area contributed by atoms with Gasteiger partial charge in [0.1, 0.15) is 23.0 Å². The van der Waals surface area contributed by atoms with Gasteiger partial charge in [-0.1, -0.05) is 91.0 Å². The highest BCUT2D eigenvalue weighted by Crippen LogP contribution is 2.42. The number of ether oxygens (including phenoxy) is 2. The normalized spacial score (nSPS) is 13.1. The molecular weight excluding hydrogens is 531 g/mol. The summed E-state index contributed by atoms with van der Waals surface area (Å²) in [4.78, 5) is 0. The van der Waals surface area contributed by atoms with Crippen molar-refractivity contribution in [2.45, 2.75) is 0 Å². The van der Waals surface area contributed by atoms with Gasteiger partial charge in [-0.05, 0) is 80.0 Å². The molecule has 0 spiro atoms. The van der Waals surface area contributed by atoms with Crippen LogP contribution in [0.4, 0.5) is 0 Å². The van der Waals surface area contributed by atoms with E-state index in [1.54, 1.807) is 0 Å². The molecule has 0 fully saturated rings. The Hall–Kier alpha value is -5.06. The molecule has 0 radical (unpaired) electrons. The Kier molecular flexibility index (Phi) is 4.44. The van der Waals surface area contributed by atoms with Crippen molar-refractivity contribution in [2.24, 2.45) is 0 Å². The summed E-state index contributed by atoms with van der Waals surface area (Å²) in [5.41, 5.74) is 5.74. The Morgan fingerprint density at radius 3 is 2.02 bits per heavy atom. The average molecular weight is 552 g/mol. The van der Waals surface area contributed by atoms with Crippen molar-refractivity contribution in [1.82, 2.24) is 0 Å². The Balaban J connectivity index is 1.27. The van der Waals surface area contributed by atoms with Crippen LogP contribution < -0.4 is 25.9 Å². The second kappa shape index (κ2) is 8.25. The summed E-state index contributed by atoms with van der Waals surface area (Å²) in [5.74, 6) is 3.57. The van der Waals surface area contributed by atoms with Crippen LogP contribution in [0.15, 0.2) is 127 Å². The summed E-state index contributed by atoms with van der Waals surface area (Å²) >= 11 is 1.83. The zero-order valence-electron chi connectivity index (χ0n) is 22.4. The molecule has 0 amide bonds. The first-order valence-corrected chi connectivity index (χ1v) is 15.1. The zero-order valence-corrected chi connectivity index (χ0v) is 23.2. The fourth-order valence-electron chi connectivity index (χ4n) is 7.03. The molecule has 3 heterocycles. The average Bonchev–Trinajstić information content (AvgIpc) is 3.40. The number of rotatable bonds is 1. The lowest BCUT2D eigenvalue weighted by Gasteiger charge is -2.34. The van der Waals surface area contributed by atoms with E-state index in [0.29, 0.717) is 0 Å². The highest BCUT2D eigenvalue weighted by atomic mass is 32.1. The number of fused-ring (bicyclic) bond motifs is 10. The monoisotopic (exact) mass is 552 g/mol. The fraction of sp³-hybridized carbons (Fsp3) is 0. The van der Waals surface area contributed by atoms with Gasteiger partial charge in [0.25, 0.3) is 6.71 Å². The lowest BCUT2D eigenvalue weighted by Crippen LogP contribution is -2.57. The first-order chi connectivity index (χ1) is 20.8. The second-order valence-electron chi connectivity index (χ2n) is 11.3. The number of thiophene rings is 1. The van der Waals surface area contributed by atoms with Crippen LogP contribution in [0.25, 0.3) is 52.8 Å². The molecule has 1 aromatic heterocycles. The van der Waals surface area contributed by atoms with E-state index in [9.17, 15) is 0 Å². The summed E-state index contributed by atoms with van der Waals surface area (Å²) in [6, 6.07) is 45.8. The summed E-state index contributed by atoms with van der Waals surface area (Å²) in [6.45, 7) is 0.00214. The summed E-state index contributed by atoms with van der Waals surface area (Å²) in [7, 11) is 0. The third-order valence-electron chi connectivity index (χ3n) is 8.95. The van der Waals surface area contributed by atoms with Crippen LogP contribution in [0.2, 0.25) is 0 Å². The molecule has 10 rings (SSSR count). The molecule has 0 atom stereocenters. The van der Waals surface area contributed by atoms with Crippen LogP contribution in [0.1, 0.15) is 0 Å². The third-order valence-corrected chi connectivity index (χ3v) is 10.1. The van der Waals surface area contributed by atoms with E-state index in [1.807, 2.05) is 11.3 Å². The maximum Gasteiger partial charge on any atom is 0.261 e. The van der Waals surface area contributed by atoms with E-state index in [-0.39, 0.29) is 6.71 Å². The van der Waals surface area contributed by atoms with Gasteiger partial charge in [-0.2, -0.15) is 0 Å². The minimum absolute atomic E-state index is 0.00214. The van der Waals surface area contributed by atoms with Crippen molar-refractivity contribution in [3.8, 4) is 34.1 Å². The quantitative estimate of drug-likeness (QED) is 0.190. The minimum Gasteiger partial charge on any atom is -0.458 e. The third kappa shape index (κ3) is 3.10. The molecule has 2 aliphatic heterocycles. The van der Waals surface area contributed by atoms with Gasteiger partial charge in [-0.3, -0.25) is 0 Å². The maximum atomic E-state index is 6.83. The first-order valence-electron chi connectivity index (χ1n) is 14.3. The van der Waals surface area contributed by atoms with Gasteiger partial charge in [-0.15, -0.1) is 11.3 Å². The Morgan fingerprint density at radius 2 is 1.14 bits per heavy atom. The predicted molar refractivity (Wildman–Crippen MR) is 177 cm³/mol. The lowest BCUT2D eigenvalue weighted by molar-refractivity contribution is 0.465. The molecule has 4 heteroatoms. The van der Waals surface area contributed by atoms with E-state index < -0.39 is 0 Å². The van der Waals surface area contributed by atoms with Gasteiger partial charge in [0, 0.05) is 25.6 Å². The lowest BCUT2D eigenvalue weighted by atomic mass is 9.34. The van der Waals surface area contributed by atoms with Crippen molar-refractivity contribution in [2.75, 3.05) is 0 Å². The van der Waals surface area contributed by atoms with Gasteiger partial charge >= 0.3 is 0 Å². The minimum atomic E-state index is 0.00214. The molecule has 2 aliphatic rings.